The maximum atomic E-state index is 12.5. The summed E-state index contributed by atoms with van der Waals surface area (Å²) >= 11 is 0. The molecule has 0 bridgehead atoms. The fourth-order valence-corrected chi connectivity index (χ4v) is 2.86. The molecule has 162 valence electrons. The first kappa shape index (κ1) is 22.0. The minimum absolute atomic E-state index is 0.0365. The third-order valence-electron chi connectivity index (χ3n) is 4.29. The first-order valence-electron chi connectivity index (χ1n) is 9.39. The van der Waals surface area contributed by atoms with E-state index in [4.69, 9.17) is 14.7 Å². The highest BCUT2D eigenvalue weighted by molar-refractivity contribution is 6.01. The normalized spacial score (nSPS) is 10.5. The highest BCUT2D eigenvalue weighted by atomic mass is 16.6. The predicted molar refractivity (Wildman–Crippen MR) is 117 cm³/mol. The fraction of sp³-hybridized carbons (Fsp3) is 0.136. The van der Waals surface area contributed by atoms with Crippen LogP contribution < -0.4 is 14.8 Å². The first-order valence-corrected chi connectivity index (χ1v) is 9.39. The topological polar surface area (TPSA) is 132 Å². The standard InChI is InChI=1S/C22H19N5O5/c1-15-13-21(26(25-15)17-5-7-18(8-6-17)27(29)30)24-22(28)10-4-16-3-9-19(32-12-11-23)20(14-16)31-2/h3-10,13-14H,12H2,1-2H3,(H,24,28)/b10-4+. The number of hydrogen-bond donors (Lipinski definition) is 1. The summed E-state index contributed by atoms with van der Waals surface area (Å²) in [4.78, 5) is 22.8. The van der Waals surface area contributed by atoms with Gasteiger partial charge in [0.05, 0.1) is 23.4 Å². The van der Waals surface area contributed by atoms with Gasteiger partial charge in [0.15, 0.2) is 18.1 Å². The van der Waals surface area contributed by atoms with E-state index in [0.29, 0.717) is 34.3 Å². The molecule has 1 aromatic heterocycles. The van der Waals surface area contributed by atoms with Crippen molar-refractivity contribution in [1.82, 2.24) is 9.78 Å². The van der Waals surface area contributed by atoms with Gasteiger partial charge < -0.3 is 14.8 Å². The van der Waals surface area contributed by atoms with Crippen molar-refractivity contribution in [2.24, 2.45) is 0 Å². The van der Waals surface area contributed by atoms with Crippen LogP contribution in [0.15, 0.2) is 54.6 Å². The summed E-state index contributed by atoms with van der Waals surface area (Å²) in [6, 6.07) is 14.5. The molecule has 10 nitrogen and oxygen atoms in total. The molecule has 3 rings (SSSR count). The van der Waals surface area contributed by atoms with Crippen molar-refractivity contribution in [3.8, 4) is 23.3 Å². The quantitative estimate of drug-likeness (QED) is 0.326. The highest BCUT2D eigenvalue weighted by Gasteiger charge is 2.12. The Labute approximate surface area is 183 Å². The minimum Gasteiger partial charge on any atom is -0.493 e. The van der Waals surface area contributed by atoms with E-state index in [-0.39, 0.29) is 12.3 Å². The largest absolute Gasteiger partial charge is 0.493 e. The van der Waals surface area contributed by atoms with E-state index in [9.17, 15) is 14.9 Å². The van der Waals surface area contributed by atoms with Gasteiger partial charge in [0.2, 0.25) is 5.91 Å². The summed E-state index contributed by atoms with van der Waals surface area (Å²) in [6.45, 7) is 1.67. The molecule has 3 aromatic rings. The van der Waals surface area contributed by atoms with Gasteiger partial charge in [0.25, 0.3) is 5.69 Å². The highest BCUT2D eigenvalue weighted by Crippen LogP contribution is 2.28. The smallest absolute Gasteiger partial charge is 0.269 e. The summed E-state index contributed by atoms with van der Waals surface area (Å²) < 4.78 is 12.0. The molecule has 0 fully saturated rings. The van der Waals surface area contributed by atoms with Crippen molar-refractivity contribution in [3.63, 3.8) is 0 Å². The van der Waals surface area contributed by atoms with Crippen LogP contribution in [0.5, 0.6) is 11.5 Å². The minimum atomic E-state index is -0.483. The SMILES string of the molecule is COc1cc(/C=C/C(=O)Nc2cc(C)nn2-c2ccc([N+](=O)[O-])cc2)ccc1OCC#N. The van der Waals surface area contributed by atoms with Gasteiger partial charge in [0.1, 0.15) is 11.9 Å². The van der Waals surface area contributed by atoms with Crippen LogP contribution in [-0.2, 0) is 4.79 Å². The Balaban J connectivity index is 1.75. The number of nitro benzene ring substituents is 1. The number of nitrogens with zero attached hydrogens (tertiary/aromatic N) is 4. The second kappa shape index (κ2) is 9.90. The van der Waals surface area contributed by atoms with Crippen LogP contribution in [0.2, 0.25) is 0 Å². The van der Waals surface area contributed by atoms with Gasteiger partial charge >= 0.3 is 0 Å². The zero-order valence-electron chi connectivity index (χ0n) is 17.3. The number of aromatic nitrogens is 2. The Hall–Kier alpha value is -4.65. The first-order chi connectivity index (χ1) is 15.4. The maximum absolute atomic E-state index is 12.5. The zero-order valence-corrected chi connectivity index (χ0v) is 17.3. The van der Waals surface area contributed by atoms with Gasteiger partial charge in [0, 0.05) is 24.3 Å². The zero-order chi connectivity index (χ0) is 23.1. The number of rotatable bonds is 8. The van der Waals surface area contributed by atoms with Crippen molar-refractivity contribution in [1.29, 1.82) is 5.26 Å². The number of hydrogen-bond acceptors (Lipinski definition) is 7. The van der Waals surface area contributed by atoms with Gasteiger partial charge in [-0.2, -0.15) is 10.4 Å². The summed E-state index contributed by atoms with van der Waals surface area (Å²) in [7, 11) is 1.48. The van der Waals surface area contributed by atoms with E-state index in [1.807, 2.05) is 6.07 Å². The number of benzene rings is 2. The van der Waals surface area contributed by atoms with Crippen LogP contribution in [-0.4, -0.2) is 34.3 Å². The maximum Gasteiger partial charge on any atom is 0.269 e. The molecule has 1 amide bonds. The number of ether oxygens (including phenoxy) is 2. The predicted octanol–water partition coefficient (Wildman–Crippen LogP) is 3.65. The van der Waals surface area contributed by atoms with Gasteiger partial charge in [-0.05, 0) is 42.8 Å². The second-order valence-corrected chi connectivity index (χ2v) is 6.54. The lowest BCUT2D eigenvalue weighted by Crippen LogP contribution is -2.12. The van der Waals surface area contributed by atoms with E-state index < -0.39 is 10.8 Å². The third-order valence-corrected chi connectivity index (χ3v) is 4.29. The second-order valence-electron chi connectivity index (χ2n) is 6.54. The summed E-state index contributed by atoms with van der Waals surface area (Å²) in [5.74, 6) is 0.897. The Morgan fingerprint density at radius 2 is 2.00 bits per heavy atom. The third kappa shape index (κ3) is 5.28. The average molecular weight is 433 g/mol. The van der Waals surface area contributed by atoms with Gasteiger partial charge in [-0.1, -0.05) is 6.07 Å². The number of methoxy groups -OCH3 is 1. The van der Waals surface area contributed by atoms with E-state index in [0.717, 1.165) is 0 Å². The summed E-state index contributed by atoms with van der Waals surface area (Å²) in [6.07, 6.45) is 2.96. The molecule has 10 heteroatoms. The molecule has 0 unspecified atom stereocenters. The molecule has 0 aliphatic rings. The lowest BCUT2D eigenvalue weighted by atomic mass is 10.2. The molecule has 2 aromatic carbocycles. The molecule has 0 aliphatic heterocycles. The summed E-state index contributed by atoms with van der Waals surface area (Å²) in [5, 5.41) is 26.6. The fourth-order valence-electron chi connectivity index (χ4n) is 2.86. The number of nitrogens with one attached hydrogen (secondary N) is 1. The number of carbonyl (C=O) groups excluding carboxylic acids is 1. The van der Waals surface area contributed by atoms with E-state index in [1.54, 1.807) is 49.4 Å². The average Bonchev–Trinajstić information content (AvgIpc) is 3.16. The van der Waals surface area contributed by atoms with Gasteiger partial charge in [-0.3, -0.25) is 14.9 Å². The van der Waals surface area contributed by atoms with E-state index in [2.05, 4.69) is 10.4 Å². The molecule has 0 radical (unpaired) electrons. The van der Waals surface area contributed by atoms with Crippen LogP contribution in [0, 0.1) is 28.4 Å². The number of amides is 1. The molecule has 32 heavy (non-hydrogen) atoms. The Morgan fingerprint density at radius 1 is 1.25 bits per heavy atom. The van der Waals surface area contributed by atoms with Crippen molar-refractivity contribution < 1.29 is 19.2 Å². The number of non-ortho nitro benzene ring substituents is 1. The number of nitro groups is 1. The molecular formula is C22H19N5O5. The van der Waals surface area contributed by atoms with Crippen LogP contribution in [0.25, 0.3) is 11.8 Å². The molecule has 0 atom stereocenters. The Kier molecular flexibility index (Phi) is 6.82. The van der Waals surface area contributed by atoms with Crippen molar-refractivity contribution in [2.45, 2.75) is 6.92 Å². The molecule has 0 saturated heterocycles. The van der Waals surface area contributed by atoms with Crippen LogP contribution in [0.1, 0.15) is 11.3 Å². The Morgan fingerprint density at radius 3 is 2.66 bits per heavy atom. The number of anilines is 1. The number of nitriles is 1. The molecule has 0 aliphatic carbocycles. The van der Waals surface area contributed by atoms with Crippen molar-refractivity contribution in [3.05, 3.63) is 76.0 Å². The van der Waals surface area contributed by atoms with Crippen molar-refractivity contribution in [2.75, 3.05) is 19.0 Å². The summed E-state index contributed by atoms with van der Waals surface area (Å²) in [5.41, 5.74) is 1.90. The molecule has 1 N–H and O–H groups in total. The number of aryl methyl sites for hydroxylation is 1. The van der Waals surface area contributed by atoms with Gasteiger partial charge in [-0.25, -0.2) is 4.68 Å². The molecule has 0 saturated carbocycles. The van der Waals surface area contributed by atoms with Crippen LogP contribution in [0.3, 0.4) is 0 Å². The van der Waals surface area contributed by atoms with Gasteiger partial charge in [-0.15, -0.1) is 0 Å². The van der Waals surface area contributed by atoms with Crippen LogP contribution >= 0.6 is 0 Å². The molecular weight excluding hydrogens is 414 g/mol. The Bertz CT molecular complexity index is 1210. The molecule has 1 heterocycles. The van der Waals surface area contributed by atoms with Crippen LogP contribution in [0.4, 0.5) is 11.5 Å². The van der Waals surface area contributed by atoms with E-state index in [1.165, 1.54) is 30.0 Å². The van der Waals surface area contributed by atoms with E-state index >= 15 is 0 Å². The number of carbonyl (C=O) groups is 1. The lowest BCUT2D eigenvalue weighted by Gasteiger charge is -2.09. The van der Waals surface area contributed by atoms with Crippen molar-refractivity contribution >= 4 is 23.5 Å². The molecule has 0 spiro atoms. The lowest BCUT2D eigenvalue weighted by molar-refractivity contribution is -0.384. The monoisotopic (exact) mass is 433 g/mol.